The number of likely N-dealkylation sites (tertiary alicyclic amines) is 1. The first-order valence-corrected chi connectivity index (χ1v) is 14.5. The Morgan fingerprint density at radius 2 is 1.53 bits per heavy atom. The molecule has 0 spiro atoms. The fraction of sp³-hybridized carbons (Fsp3) is 0.294. The van der Waals surface area contributed by atoms with Crippen LogP contribution in [0.4, 0.5) is 0 Å². The van der Waals surface area contributed by atoms with Crippen LogP contribution in [-0.4, -0.2) is 53.1 Å². The second kappa shape index (κ2) is 14.2. The zero-order valence-electron chi connectivity index (χ0n) is 23.9. The summed E-state index contributed by atoms with van der Waals surface area (Å²) in [6.45, 7) is 2.55. The van der Waals surface area contributed by atoms with E-state index in [-0.39, 0.29) is 29.6 Å². The summed E-state index contributed by atoms with van der Waals surface area (Å²) < 4.78 is 0. The fourth-order valence-corrected chi connectivity index (χ4v) is 5.27. The van der Waals surface area contributed by atoms with Gasteiger partial charge in [-0.1, -0.05) is 30.3 Å². The van der Waals surface area contributed by atoms with E-state index < -0.39 is 0 Å². The molecule has 0 bridgehead atoms. The van der Waals surface area contributed by atoms with Gasteiger partial charge in [-0.25, -0.2) is 0 Å². The molecule has 1 saturated heterocycles. The quantitative estimate of drug-likeness (QED) is 0.414. The van der Waals surface area contributed by atoms with Crippen LogP contribution in [-0.2, 0) is 13.0 Å². The summed E-state index contributed by atoms with van der Waals surface area (Å²) in [7, 11) is 0. The average molecular weight is 572 g/mol. The van der Waals surface area contributed by atoms with E-state index in [1.165, 1.54) is 11.8 Å². The molecule has 216 valence electrons. The number of benzene rings is 2. The van der Waals surface area contributed by atoms with Gasteiger partial charge in [-0.2, -0.15) is 10.5 Å². The standard InChI is InChI=1S/C34H33N7O2/c35-19-25-6-4-24(5-7-25)18-30-2-1-3-31(22-37-30)40-33(42)28-12-13-32(38-21-28)34(43)39-29-14-16-41(17-15-29)23-27-10-8-26(20-36)9-11-27/h3-13,21-22,29-30H,1-2,14-18,23H2,(H,39,43)(H,40,42). The molecule has 3 aromatic rings. The number of hydrogen-bond acceptors (Lipinski definition) is 7. The molecule has 9 nitrogen and oxygen atoms in total. The van der Waals surface area contributed by atoms with Crippen LogP contribution < -0.4 is 10.6 Å². The molecule has 1 fully saturated rings. The largest absolute Gasteiger partial charge is 0.348 e. The van der Waals surface area contributed by atoms with Gasteiger partial charge in [0.25, 0.3) is 11.8 Å². The average Bonchev–Trinajstić information content (AvgIpc) is 3.27. The second-order valence-electron chi connectivity index (χ2n) is 10.9. The number of carbonyl (C=O) groups is 2. The Morgan fingerprint density at radius 1 is 0.860 bits per heavy atom. The SMILES string of the molecule is N#Cc1ccc(CC2CCC=C(NC(=O)c3ccc(C(=O)NC4CCN(Cc5ccc(C#N)cc5)CC4)nc3)C=N2)cc1. The lowest BCUT2D eigenvalue weighted by Gasteiger charge is -2.32. The Balaban J connectivity index is 1.07. The van der Waals surface area contributed by atoms with E-state index in [1.54, 1.807) is 18.3 Å². The van der Waals surface area contributed by atoms with Gasteiger partial charge in [0.2, 0.25) is 0 Å². The van der Waals surface area contributed by atoms with Gasteiger partial charge in [0.1, 0.15) is 5.69 Å². The van der Waals surface area contributed by atoms with E-state index in [4.69, 9.17) is 10.5 Å². The van der Waals surface area contributed by atoms with Crippen molar-refractivity contribution in [1.82, 2.24) is 20.5 Å². The van der Waals surface area contributed by atoms with Gasteiger partial charge in [-0.15, -0.1) is 0 Å². The van der Waals surface area contributed by atoms with Gasteiger partial charge >= 0.3 is 0 Å². The van der Waals surface area contributed by atoms with Crippen LogP contribution in [0.2, 0.25) is 0 Å². The molecule has 0 aliphatic carbocycles. The fourth-order valence-electron chi connectivity index (χ4n) is 5.27. The lowest BCUT2D eigenvalue weighted by Crippen LogP contribution is -2.44. The Labute approximate surface area is 251 Å². The van der Waals surface area contributed by atoms with E-state index in [1.807, 2.05) is 54.6 Å². The lowest BCUT2D eigenvalue weighted by atomic mass is 10.0. The Bertz CT molecular complexity index is 1570. The summed E-state index contributed by atoms with van der Waals surface area (Å²) in [4.78, 5) is 36.9. The molecular formula is C34H33N7O2. The number of nitrogens with zero attached hydrogens (tertiary/aromatic N) is 5. The van der Waals surface area contributed by atoms with Crippen LogP contribution in [0.5, 0.6) is 0 Å². The van der Waals surface area contributed by atoms with Gasteiger partial charge in [0.05, 0.1) is 40.6 Å². The molecule has 1 unspecified atom stereocenters. The number of piperidine rings is 1. The summed E-state index contributed by atoms with van der Waals surface area (Å²) in [5, 5.41) is 23.9. The maximum atomic E-state index is 12.9. The van der Waals surface area contributed by atoms with Gasteiger partial charge in [0.15, 0.2) is 0 Å². The predicted octanol–water partition coefficient (Wildman–Crippen LogP) is 4.31. The number of rotatable bonds is 8. The maximum absolute atomic E-state index is 12.9. The molecule has 0 radical (unpaired) electrons. The van der Waals surface area contributed by atoms with Gasteiger partial charge in [-0.3, -0.25) is 24.5 Å². The number of amides is 2. The highest BCUT2D eigenvalue weighted by atomic mass is 16.2. The van der Waals surface area contributed by atoms with Crippen LogP contribution in [0.15, 0.2) is 83.6 Å². The molecule has 0 saturated carbocycles. The monoisotopic (exact) mass is 571 g/mol. The van der Waals surface area contributed by atoms with Crippen LogP contribution in [0.3, 0.4) is 0 Å². The number of carbonyl (C=O) groups excluding carboxylic acids is 2. The van der Waals surface area contributed by atoms with Crippen LogP contribution in [0.1, 0.15) is 68.8 Å². The van der Waals surface area contributed by atoms with Crippen LogP contribution in [0.25, 0.3) is 0 Å². The smallest absolute Gasteiger partial charge is 0.270 e. The van der Waals surface area contributed by atoms with Crippen molar-refractivity contribution in [3.63, 3.8) is 0 Å². The topological polar surface area (TPSA) is 134 Å². The first kappa shape index (κ1) is 29.4. The summed E-state index contributed by atoms with van der Waals surface area (Å²) in [5.74, 6) is -0.554. The van der Waals surface area contributed by atoms with E-state index in [0.717, 1.165) is 57.3 Å². The first-order chi connectivity index (χ1) is 21.0. The maximum Gasteiger partial charge on any atom is 0.270 e. The minimum Gasteiger partial charge on any atom is -0.348 e. The van der Waals surface area contributed by atoms with Crippen molar-refractivity contribution in [1.29, 1.82) is 10.5 Å². The van der Waals surface area contributed by atoms with Gasteiger partial charge in [0, 0.05) is 38.1 Å². The van der Waals surface area contributed by atoms with Gasteiger partial charge < -0.3 is 10.6 Å². The molecule has 43 heavy (non-hydrogen) atoms. The third-order valence-corrected chi connectivity index (χ3v) is 7.77. The molecule has 2 aromatic carbocycles. The number of aromatic nitrogens is 1. The normalized spacial score (nSPS) is 17.2. The molecule has 1 aromatic heterocycles. The molecule has 1 atom stereocenters. The van der Waals surface area contributed by atoms with Crippen molar-refractivity contribution in [2.75, 3.05) is 13.1 Å². The molecule has 2 aliphatic rings. The van der Waals surface area contributed by atoms with E-state index >= 15 is 0 Å². The number of allylic oxidation sites excluding steroid dienone is 2. The second-order valence-corrected chi connectivity index (χ2v) is 10.9. The number of aliphatic imine (C=N–C) groups is 1. The van der Waals surface area contributed by atoms with Crippen molar-refractivity contribution < 1.29 is 9.59 Å². The number of nitriles is 2. The molecule has 5 rings (SSSR count). The van der Waals surface area contributed by atoms with E-state index in [2.05, 4.69) is 37.6 Å². The zero-order chi connectivity index (χ0) is 30.0. The molecule has 2 aliphatic heterocycles. The van der Waals surface area contributed by atoms with E-state index in [0.29, 0.717) is 22.4 Å². The first-order valence-electron chi connectivity index (χ1n) is 14.5. The summed E-state index contributed by atoms with van der Waals surface area (Å²) >= 11 is 0. The molecule has 2 N–H and O–H groups in total. The number of pyridine rings is 1. The van der Waals surface area contributed by atoms with Gasteiger partial charge in [-0.05, 0) is 79.6 Å². The van der Waals surface area contributed by atoms with Crippen molar-refractivity contribution >= 4 is 18.0 Å². The highest BCUT2D eigenvalue weighted by Gasteiger charge is 2.22. The van der Waals surface area contributed by atoms with Crippen molar-refractivity contribution in [2.24, 2.45) is 4.99 Å². The highest BCUT2D eigenvalue weighted by molar-refractivity contribution is 5.99. The summed E-state index contributed by atoms with van der Waals surface area (Å²) in [5.41, 5.74) is 4.86. The van der Waals surface area contributed by atoms with Crippen molar-refractivity contribution in [3.05, 3.63) is 112 Å². The lowest BCUT2D eigenvalue weighted by molar-refractivity contribution is 0.0901. The Hall–Kier alpha value is -5.12. The van der Waals surface area contributed by atoms with Crippen LogP contribution >= 0.6 is 0 Å². The number of hydrogen-bond donors (Lipinski definition) is 2. The van der Waals surface area contributed by atoms with E-state index in [9.17, 15) is 9.59 Å². The zero-order valence-corrected chi connectivity index (χ0v) is 23.9. The third kappa shape index (κ3) is 8.22. The Kier molecular flexibility index (Phi) is 9.68. The van der Waals surface area contributed by atoms with Crippen LogP contribution in [0, 0.1) is 22.7 Å². The predicted molar refractivity (Wildman–Crippen MR) is 163 cm³/mol. The minimum atomic E-state index is -0.308. The molecular weight excluding hydrogens is 538 g/mol. The number of nitrogens with one attached hydrogen (secondary N) is 2. The third-order valence-electron chi connectivity index (χ3n) is 7.77. The Morgan fingerprint density at radius 3 is 2.16 bits per heavy atom. The molecule has 9 heteroatoms. The van der Waals surface area contributed by atoms with Crippen molar-refractivity contribution in [3.8, 4) is 12.1 Å². The minimum absolute atomic E-state index is 0.0664. The summed E-state index contributed by atoms with van der Waals surface area (Å²) in [6, 6.07) is 22.8. The molecule has 3 heterocycles. The molecule has 2 amide bonds. The highest BCUT2D eigenvalue weighted by Crippen LogP contribution is 2.17. The summed E-state index contributed by atoms with van der Waals surface area (Å²) in [6.07, 6.45) is 9.17. The van der Waals surface area contributed by atoms with Crippen molar-refractivity contribution in [2.45, 2.75) is 50.7 Å².